The fourth-order valence-electron chi connectivity index (χ4n) is 2.08. The van der Waals surface area contributed by atoms with Crippen LogP contribution in [0.3, 0.4) is 0 Å². The van der Waals surface area contributed by atoms with E-state index in [-0.39, 0.29) is 5.82 Å². The molecule has 17 heavy (non-hydrogen) atoms. The maximum absolute atomic E-state index is 13.2. The highest BCUT2D eigenvalue weighted by Crippen LogP contribution is 2.25. The van der Waals surface area contributed by atoms with E-state index < -0.39 is 0 Å². The van der Waals surface area contributed by atoms with E-state index in [9.17, 15) is 4.39 Å². The summed E-state index contributed by atoms with van der Waals surface area (Å²) in [6.45, 7) is 3.91. The van der Waals surface area contributed by atoms with Crippen LogP contribution in [0.25, 0.3) is 11.3 Å². The van der Waals surface area contributed by atoms with Crippen molar-refractivity contribution in [1.82, 2.24) is 15.3 Å². The molecule has 0 aliphatic carbocycles. The third-order valence-corrected chi connectivity index (χ3v) is 3.17. The number of aryl methyl sites for hydroxylation is 1. The van der Waals surface area contributed by atoms with Crippen LogP contribution in [0, 0.1) is 12.7 Å². The van der Waals surface area contributed by atoms with Crippen molar-refractivity contribution in [2.24, 2.45) is 0 Å². The summed E-state index contributed by atoms with van der Waals surface area (Å²) >= 11 is 0. The lowest BCUT2D eigenvalue weighted by atomic mass is 10.0. The summed E-state index contributed by atoms with van der Waals surface area (Å²) in [4.78, 5) is 7.87. The second-order valence-electron chi connectivity index (χ2n) is 4.46. The van der Waals surface area contributed by atoms with Gasteiger partial charge in [-0.1, -0.05) is 12.1 Å². The van der Waals surface area contributed by atoms with Gasteiger partial charge in [-0.3, -0.25) is 0 Å². The van der Waals surface area contributed by atoms with Crippen LogP contribution in [0.4, 0.5) is 4.39 Å². The average Bonchev–Trinajstić information content (AvgIpc) is 2.57. The van der Waals surface area contributed by atoms with Gasteiger partial charge in [0.1, 0.15) is 11.6 Å². The van der Waals surface area contributed by atoms with Gasteiger partial charge in [0.25, 0.3) is 0 Å². The minimum atomic E-state index is -0.225. The molecular weight excluding hydrogens is 217 g/mol. The molecule has 2 heterocycles. The molecule has 88 valence electrons. The van der Waals surface area contributed by atoms with Crippen molar-refractivity contribution >= 4 is 0 Å². The quantitative estimate of drug-likeness (QED) is 0.832. The van der Waals surface area contributed by atoms with Crippen LogP contribution in [0.2, 0.25) is 0 Å². The molecule has 0 amide bonds. The maximum atomic E-state index is 13.2. The molecule has 1 aliphatic heterocycles. The monoisotopic (exact) mass is 231 g/mol. The van der Waals surface area contributed by atoms with Gasteiger partial charge in [0.2, 0.25) is 0 Å². The Morgan fingerprint density at radius 2 is 2.18 bits per heavy atom. The van der Waals surface area contributed by atoms with Gasteiger partial charge in [-0.15, -0.1) is 0 Å². The molecule has 4 heteroatoms. The molecule has 3 rings (SSSR count). The summed E-state index contributed by atoms with van der Waals surface area (Å²) in [5.74, 6) is 1.24. The van der Waals surface area contributed by atoms with Crippen molar-refractivity contribution in [3.8, 4) is 11.3 Å². The Kier molecular flexibility index (Phi) is 2.44. The van der Waals surface area contributed by atoms with E-state index in [1.165, 1.54) is 12.1 Å². The Morgan fingerprint density at radius 3 is 2.82 bits per heavy atom. The second-order valence-corrected chi connectivity index (χ2v) is 4.46. The van der Waals surface area contributed by atoms with Gasteiger partial charge in [0.05, 0.1) is 5.69 Å². The molecule has 2 N–H and O–H groups in total. The predicted octanol–water partition coefficient (Wildman–Crippen LogP) is 2.21. The Labute approximate surface area is 99.1 Å². The average molecular weight is 231 g/mol. The summed E-state index contributed by atoms with van der Waals surface area (Å²) in [6.07, 6.45) is 0. The standard InChI is InChI=1S/C13H14FN3/c1-8-12(9-3-2-4-11(14)5-9)17-13(16-8)10-6-15-7-10/h2-5,10,15H,6-7H2,1H3,(H,16,17). The van der Waals surface area contributed by atoms with Crippen LogP contribution in [0.15, 0.2) is 24.3 Å². The molecule has 2 aromatic rings. The molecule has 1 saturated heterocycles. The molecule has 0 saturated carbocycles. The minimum absolute atomic E-state index is 0.225. The number of aromatic nitrogens is 2. The van der Waals surface area contributed by atoms with Gasteiger partial charge < -0.3 is 10.3 Å². The summed E-state index contributed by atoms with van der Waals surface area (Å²) in [6, 6.07) is 6.56. The van der Waals surface area contributed by atoms with Crippen LogP contribution >= 0.6 is 0 Å². The van der Waals surface area contributed by atoms with Gasteiger partial charge >= 0.3 is 0 Å². The summed E-state index contributed by atoms with van der Waals surface area (Å²) < 4.78 is 13.2. The number of H-pyrrole nitrogens is 1. The lowest BCUT2D eigenvalue weighted by Crippen LogP contribution is -2.40. The molecular formula is C13H14FN3. The van der Waals surface area contributed by atoms with Crippen molar-refractivity contribution in [2.75, 3.05) is 13.1 Å². The molecule has 0 atom stereocenters. The number of hydrogen-bond acceptors (Lipinski definition) is 2. The largest absolute Gasteiger partial charge is 0.345 e. The summed E-state index contributed by atoms with van der Waals surface area (Å²) in [7, 11) is 0. The number of benzene rings is 1. The van der Waals surface area contributed by atoms with Crippen molar-refractivity contribution in [3.05, 3.63) is 41.6 Å². The van der Waals surface area contributed by atoms with Crippen LogP contribution in [-0.2, 0) is 0 Å². The van der Waals surface area contributed by atoms with E-state index in [0.717, 1.165) is 35.9 Å². The summed E-state index contributed by atoms with van der Waals surface area (Å²) in [5.41, 5.74) is 2.68. The van der Waals surface area contributed by atoms with Crippen molar-refractivity contribution in [2.45, 2.75) is 12.8 Å². The molecule has 0 radical (unpaired) electrons. The van der Waals surface area contributed by atoms with Crippen molar-refractivity contribution < 1.29 is 4.39 Å². The van der Waals surface area contributed by atoms with Crippen molar-refractivity contribution in [3.63, 3.8) is 0 Å². The molecule has 0 spiro atoms. The molecule has 1 aromatic heterocycles. The molecule has 1 aliphatic rings. The lowest BCUT2D eigenvalue weighted by molar-refractivity contribution is 0.432. The molecule has 0 bridgehead atoms. The number of halogens is 1. The number of imidazole rings is 1. The zero-order chi connectivity index (χ0) is 11.8. The SMILES string of the molecule is Cc1[nH]c(C2CNC2)nc1-c1cccc(F)c1. The fraction of sp³-hybridized carbons (Fsp3) is 0.308. The Morgan fingerprint density at radius 1 is 1.35 bits per heavy atom. The smallest absolute Gasteiger partial charge is 0.123 e. The topological polar surface area (TPSA) is 40.7 Å². The first-order valence-corrected chi connectivity index (χ1v) is 5.77. The molecule has 1 fully saturated rings. The van der Waals surface area contributed by atoms with Gasteiger partial charge in [-0.2, -0.15) is 0 Å². The number of nitrogens with zero attached hydrogens (tertiary/aromatic N) is 1. The highest BCUT2D eigenvalue weighted by molar-refractivity contribution is 5.62. The van der Waals surface area contributed by atoms with Gasteiger partial charge in [-0.25, -0.2) is 9.37 Å². The van der Waals surface area contributed by atoms with E-state index >= 15 is 0 Å². The maximum Gasteiger partial charge on any atom is 0.123 e. The lowest BCUT2D eigenvalue weighted by Gasteiger charge is -2.24. The van der Waals surface area contributed by atoms with Crippen LogP contribution < -0.4 is 5.32 Å². The predicted molar refractivity (Wildman–Crippen MR) is 64.3 cm³/mol. The van der Waals surface area contributed by atoms with Crippen LogP contribution in [0.1, 0.15) is 17.4 Å². The third-order valence-electron chi connectivity index (χ3n) is 3.17. The molecule has 1 aromatic carbocycles. The first-order chi connectivity index (χ1) is 8.24. The number of rotatable bonds is 2. The fourth-order valence-corrected chi connectivity index (χ4v) is 2.08. The Bertz CT molecular complexity index is 543. The first-order valence-electron chi connectivity index (χ1n) is 5.77. The van der Waals surface area contributed by atoms with E-state index in [1.807, 2.05) is 13.0 Å². The first kappa shape index (κ1) is 10.5. The van der Waals surface area contributed by atoms with E-state index in [2.05, 4.69) is 15.3 Å². The third kappa shape index (κ3) is 1.85. The van der Waals surface area contributed by atoms with Crippen LogP contribution in [-0.4, -0.2) is 23.1 Å². The number of nitrogens with one attached hydrogen (secondary N) is 2. The van der Waals surface area contributed by atoms with Crippen LogP contribution in [0.5, 0.6) is 0 Å². The Hall–Kier alpha value is -1.68. The molecule has 0 unspecified atom stereocenters. The molecule has 3 nitrogen and oxygen atoms in total. The van der Waals surface area contributed by atoms with Gasteiger partial charge in [-0.05, 0) is 19.1 Å². The highest BCUT2D eigenvalue weighted by Gasteiger charge is 2.23. The van der Waals surface area contributed by atoms with E-state index in [4.69, 9.17) is 0 Å². The van der Waals surface area contributed by atoms with Gasteiger partial charge in [0, 0.05) is 30.3 Å². The zero-order valence-corrected chi connectivity index (χ0v) is 9.63. The van der Waals surface area contributed by atoms with Gasteiger partial charge in [0.15, 0.2) is 0 Å². The second kappa shape index (κ2) is 3.96. The van der Waals surface area contributed by atoms with Crippen molar-refractivity contribution in [1.29, 1.82) is 0 Å². The minimum Gasteiger partial charge on any atom is -0.345 e. The zero-order valence-electron chi connectivity index (χ0n) is 9.63. The summed E-state index contributed by atoms with van der Waals surface area (Å²) in [5, 5.41) is 3.22. The number of hydrogen-bond donors (Lipinski definition) is 2. The highest BCUT2D eigenvalue weighted by atomic mass is 19.1. The number of aromatic amines is 1. The van der Waals surface area contributed by atoms with E-state index in [1.54, 1.807) is 6.07 Å². The Balaban J connectivity index is 1.99. The normalized spacial score (nSPS) is 15.9. The van der Waals surface area contributed by atoms with E-state index in [0.29, 0.717) is 5.92 Å².